The van der Waals surface area contributed by atoms with Crippen molar-refractivity contribution in [1.82, 2.24) is 10.4 Å². The van der Waals surface area contributed by atoms with Crippen molar-refractivity contribution in [3.63, 3.8) is 0 Å². The molecule has 2 saturated carbocycles. The van der Waals surface area contributed by atoms with Crippen LogP contribution in [0.1, 0.15) is 37.7 Å². The molecule has 2 aliphatic carbocycles. The van der Waals surface area contributed by atoms with Gasteiger partial charge in [0.25, 0.3) is 0 Å². The summed E-state index contributed by atoms with van der Waals surface area (Å²) in [5, 5.41) is 0. The molecule has 1 aromatic rings. The zero-order chi connectivity index (χ0) is 13.9. The second-order valence-corrected chi connectivity index (χ2v) is 6.45. The van der Waals surface area contributed by atoms with E-state index >= 15 is 0 Å². The lowest BCUT2D eigenvalue weighted by Crippen LogP contribution is -2.39. The van der Waals surface area contributed by atoms with E-state index in [4.69, 9.17) is 10.6 Å². The van der Waals surface area contributed by atoms with Gasteiger partial charge in [0, 0.05) is 18.3 Å². The Bertz CT molecular complexity index is 434. The first-order chi connectivity index (χ1) is 9.78. The van der Waals surface area contributed by atoms with Gasteiger partial charge in [0.15, 0.2) is 0 Å². The largest absolute Gasteiger partial charge is 0.481 e. The lowest BCUT2D eigenvalue weighted by atomic mass is 9.83. The van der Waals surface area contributed by atoms with Gasteiger partial charge in [-0.15, -0.1) is 0 Å². The van der Waals surface area contributed by atoms with Gasteiger partial charge in [-0.2, -0.15) is 0 Å². The molecule has 3 rings (SSSR count). The molecule has 0 amide bonds. The van der Waals surface area contributed by atoms with Crippen LogP contribution < -0.4 is 16.0 Å². The van der Waals surface area contributed by atoms with Crippen LogP contribution in [-0.4, -0.2) is 18.1 Å². The van der Waals surface area contributed by atoms with Crippen LogP contribution in [0.5, 0.6) is 5.88 Å². The number of rotatable bonds is 6. The zero-order valence-corrected chi connectivity index (χ0v) is 12.2. The van der Waals surface area contributed by atoms with Crippen LogP contribution in [0.3, 0.4) is 0 Å². The Kier molecular flexibility index (Phi) is 4.22. The third-order valence-electron chi connectivity index (χ3n) is 5.20. The molecule has 3 N–H and O–H groups in total. The first-order valence-electron chi connectivity index (χ1n) is 7.73. The summed E-state index contributed by atoms with van der Waals surface area (Å²) >= 11 is 0. The average molecular weight is 275 g/mol. The monoisotopic (exact) mass is 275 g/mol. The number of hydrazine groups is 1. The van der Waals surface area contributed by atoms with Gasteiger partial charge in [0.05, 0.1) is 7.11 Å². The Hall–Kier alpha value is -1.13. The van der Waals surface area contributed by atoms with Crippen LogP contribution in [0, 0.1) is 17.8 Å². The average Bonchev–Trinajstić information content (AvgIpc) is 3.10. The molecule has 2 fully saturated rings. The molecule has 4 atom stereocenters. The maximum absolute atomic E-state index is 5.76. The van der Waals surface area contributed by atoms with Gasteiger partial charge < -0.3 is 4.74 Å². The Balaban J connectivity index is 1.56. The summed E-state index contributed by atoms with van der Waals surface area (Å²) in [5.74, 6) is 9.27. The fraction of sp³-hybridized carbons (Fsp3) is 0.688. The quantitative estimate of drug-likeness (QED) is 0.618. The molecule has 1 heterocycles. The van der Waals surface area contributed by atoms with Crippen LogP contribution in [-0.2, 0) is 6.42 Å². The van der Waals surface area contributed by atoms with Gasteiger partial charge in [-0.3, -0.25) is 11.3 Å². The van der Waals surface area contributed by atoms with Crippen LogP contribution in [0.2, 0.25) is 0 Å². The number of fused-ring (bicyclic) bond motifs is 2. The van der Waals surface area contributed by atoms with E-state index in [2.05, 4.69) is 16.5 Å². The molecule has 2 bridgehead atoms. The van der Waals surface area contributed by atoms with E-state index in [0.717, 1.165) is 24.2 Å². The topological polar surface area (TPSA) is 60.2 Å². The number of nitrogens with one attached hydrogen (secondary N) is 1. The van der Waals surface area contributed by atoms with Gasteiger partial charge in [0.2, 0.25) is 5.88 Å². The molecule has 110 valence electrons. The minimum absolute atomic E-state index is 0.356. The normalized spacial score (nSPS) is 29.6. The van der Waals surface area contributed by atoms with Crippen molar-refractivity contribution in [2.24, 2.45) is 23.6 Å². The molecule has 2 aliphatic rings. The van der Waals surface area contributed by atoms with Crippen LogP contribution in [0.25, 0.3) is 0 Å². The molecular weight excluding hydrogens is 250 g/mol. The van der Waals surface area contributed by atoms with Gasteiger partial charge in [-0.1, -0.05) is 12.5 Å². The van der Waals surface area contributed by atoms with Gasteiger partial charge >= 0.3 is 0 Å². The first-order valence-corrected chi connectivity index (χ1v) is 7.73. The third kappa shape index (κ3) is 2.96. The molecule has 0 saturated heterocycles. The minimum atomic E-state index is 0.356. The number of pyridine rings is 1. The number of ether oxygens (including phenoxy) is 1. The maximum Gasteiger partial charge on any atom is 0.212 e. The predicted molar refractivity (Wildman–Crippen MR) is 79.2 cm³/mol. The second kappa shape index (κ2) is 6.10. The van der Waals surface area contributed by atoms with Crippen molar-refractivity contribution in [3.05, 3.63) is 23.9 Å². The van der Waals surface area contributed by atoms with E-state index in [-0.39, 0.29) is 0 Å². The molecular formula is C16H25N3O. The van der Waals surface area contributed by atoms with Crippen molar-refractivity contribution >= 4 is 0 Å². The molecule has 0 aliphatic heterocycles. The van der Waals surface area contributed by atoms with E-state index < -0.39 is 0 Å². The summed E-state index contributed by atoms with van der Waals surface area (Å²) in [7, 11) is 1.64. The molecule has 4 heteroatoms. The van der Waals surface area contributed by atoms with Crippen LogP contribution in [0.4, 0.5) is 0 Å². The highest BCUT2D eigenvalue weighted by atomic mass is 16.5. The van der Waals surface area contributed by atoms with Gasteiger partial charge in [0.1, 0.15) is 0 Å². The van der Waals surface area contributed by atoms with Gasteiger partial charge in [-0.25, -0.2) is 4.98 Å². The Morgan fingerprint density at radius 3 is 2.85 bits per heavy atom. The number of methoxy groups -OCH3 is 1. The van der Waals surface area contributed by atoms with E-state index in [0.29, 0.717) is 11.9 Å². The molecule has 0 spiro atoms. The SMILES string of the molecule is COc1ccc(CC(CC2CC3CCC2C3)NN)cn1. The number of nitrogens with zero attached hydrogens (tertiary/aromatic N) is 1. The molecule has 0 radical (unpaired) electrons. The summed E-state index contributed by atoms with van der Waals surface area (Å²) in [4.78, 5) is 4.26. The fourth-order valence-corrected chi connectivity index (χ4v) is 4.18. The Morgan fingerprint density at radius 1 is 1.40 bits per heavy atom. The highest BCUT2D eigenvalue weighted by Gasteiger charge is 2.39. The van der Waals surface area contributed by atoms with Crippen molar-refractivity contribution in [2.75, 3.05) is 7.11 Å². The van der Waals surface area contributed by atoms with Crippen LogP contribution >= 0.6 is 0 Å². The predicted octanol–water partition coefficient (Wildman–Crippen LogP) is 2.29. The fourth-order valence-electron chi connectivity index (χ4n) is 4.18. The van der Waals surface area contributed by atoms with E-state index in [9.17, 15) is 0 Å². The summed E-state index contributed by atoms with van der Waals surface area (Å²) in [6.45, 7) is 0. The van der Waals surface area contributed by atoms with Crippen molar-refractivity contribution in [3.8, 4) is 5.88 Å². The van der Waals surface area contributed by atoms with Crippen LogP contribution in [0.15, 0.2) is 18.3 Å². The Morgan fingerprint density at radius 2 is 2.30 bits per heavy atom. The minimum Gasteiger partial charge on any atom is -0.481 e. The standard InChI is InChI=1S/C16H25N3O/c1-20-16-5-3-12(10-18-16)8-15(19-17)9-14-7-11-2-4-13(14)6-11/h3,5,10-11,13-15,19H,2,4,6-9,17H2,1H3. The Labute approximate surface area is 121 Å². The van der Waals surface area contributed by atoms with Crippen molar-refractivity contribution < 1.29 is 4.74 Å². The molecule has 4 unspecified atom stereocenters. The smallest absolute Gasteiger partial charge is 0.212 e. The molecule has 20 heavy (non-hydrogen) atoms. The van der Waals surface area contributed by atoms with E-state index in [1.807, 2.05) is 12.3 Å². The maximum atomic E-state index is 5.76. The molecule has 0 aromatic carbocycles. The second-order valence-electron chi connectivity index (χ2n) is 6.45. The van der Waals surface area contributed by atoms with E-state index in [1.165, 1.54) is 37.7 Å². The zero-order valence-electron chi connectivity index (χ0n) is 12.2. The number of hydrogen-bond acceptors (Lipinski definition) is 4. The summed E-state index contributed by atoms with van der Waals surface area (Å²) in [5.41, 5.74) is 4.23. The third-order valence-corrected chi connectivity index (χ3v) is 5.20. The lowest BCUT2D eigenvalue weighted by molar-refractivity contribution is 0.277. The molecule has 4 nitrogen and oxygen atoms in total. The summed E-state index contributed by atoms with van der Waals surface area (Å²) in [6, 6.07) is 4.35. The highest BCUT2D eigenvalue weighted by molar-refractivity contribution is 5.18. The first kappa shape index (κ1) is 13.8. The van der Waals surface area contributed by atoms with Crippen molar-refractivity contribution in [2.45, 2.75) is 44.6 Å². The van der Waals surface area contributed by atoms with E-state index in [1.54, 1.807) is 7.11 Å². The number of aromatic nitrogens is 1. The summed E-state index contributed by atoms with van der Waals surface area (Å²) < 4.78 is 5.09. The number of nitrogens with two attached hydrogens (primary N) is 1. The lowest BCUT2D eigenvalue weighted by Gasteiger charge is -2.26. The molecule has 1 aromatic heterocycles. The summed E-state index contributed by atoms with van der Waals surface area (Å²) in [6.07, 6.45) is 9.83. The van der Waals surface area contributed by atoms with Gasteiger partial charge in [-0.05, 0) is 55.4 Å². The highest BCUT2D eigenvalue weighted by Crippen LogP contribution is 2.49. The van der Waals surface area contributed by atoms with Crippen molar-refractivity contribution in [1.29, 1.82) is 0 Å². The number of hydrogen-bond donors (Lipinski definition) is 2.